The molecule has 0 amide bonds. The number of allylic oxidation sites excluding steroid dienone is 2. The van der Waals surface area contributed by atoms with Crippen LogP contribution >= 0.6 is 0 Å². The minimum atomic E-state index is 0.661. The van der Waals surface area contributed by atoms with E-state index in [4.69, 9.17) is 0 Å². The van der Waals surface area contributed by atoms with Gasteiger partial charge in [-0.3, -0.25) is 0 Å². The van der Waals surface area contributed by atoms with Crippen molar-refractivity contribution < 1.29 is 0 Å². The minimum absolute atomic E-state index is 0.661. The Bertz CT molecular complexity index is 172. The lowest BCUT2D eigenvalue weighted by molar-refractivity contribution is 0.718. The molecule has 0 heterocycles. The van der Waals surface area contributed by atoms with Crippen molar-refractivity contribution in [3.63, 3.8) is 0 Å². The predicted molar refractivity (Wildman–Crippen MR) is 39.1 cm³/mol. The third kappa shape index (κ3) is 0.487. The molecule has 2 fully saturated rings. The van der Waals surface area contributed by atoms with E-state index in [0.29, 0.717) is 5.41 Å². The second-order valence-corrected chi connectivity index (χ2v) is 3.26. The molecule has 0 aliphatic heterocycles. The van der Waals surface area contributed by atoms with Crippen LogP contribution in [0.5, 0.6) is 0 Å². The van der Waals surface area contributed by atoms with E-state index in [1.54, 1.807) is 0 Å². The molecule has 9 heavy (non-hydrogen) atoms. The Morgan fingerprint density at radius 2 is 2.33 bits per heavy atom. The fraction of sp³-hybridized carbons (Fsp3) is 0.556. The monoisotopic (exact) mass is 120 g/mol. The van der Waals surface area contributed by atoms with E-state index in [2.05, 4.69) is 13.2 Å². The second kappa shape index (κ2) is 1.31. The lowest BCUT2D eigenvalue weighted by atomic mass is 10.2. The zero-order chi connectivity index (χ0) is 6.48. The number of rotatable bonds is 2. The first-order valence-electron chi connectivity index (χ1n) is 3.61. The summed E-state index contributed by atoms with van der Waals surface area (Å²) in [6.07, 6.45) is 6.00. The van der Waals surface area contributed by atoms with Crippen molar-refractivity contribution in [1.82, 2.24) is 0 Å². The summed E-state index contributed by atoms with van der Waals surface area (Å²) in [6.45, 7) is 7.76. The zero-order valence-corrected chi connectivity index (χ0v) is 5.69. The molecule has 0 N–H and O–H groups in total. The SMILES string of the molecule is C=CCC1C(=C)C12CC2. The molecule has 1 atom stereocenters. The van der Waals surface area contributed by atoms with Crippen LogP contribution in [0, 0.1) is 11.3 Å². The third-order valence-electron chi connectivity index (χ3n) is 2.83. The van der Waals surface area contributed by atoms with E-state index in [0.717, 1.165) is 5.92 Å². The molecule has 0 bridgehead atoms. The van der Waals surface area contributed by atoms with Crippen LogP contribution in [-0.2, 0) is 0 Å². The molecule has 0 nitrogen and oxygen atoms in total. The smallest absolute Gasteiger partial charge is 0.00185 e. The van der Waals surface area contributed by atoms with Crippen LogP contribution in [0.25, 0.3) is 0 Å². The summed E-state index contributed by atoms with van der Waals surface area (Å²) in [5.74, 6) is 0.829. The third-order valence-corrected chi connectivity index (χ3v) is 2.83. The van der Waals surface area contributed by atoms with Gasteiger partial charge in [0.1, 0.15) is 0 Å². The Hall–Kier alpha value is -0.520. The fourth-order valence-corrected chi connectivity index (χ4v) is 1.91. The fourth-order valence-electron chi connectivity index (χ4n) is 1.91. The van der Waals surface area contributed by atoms with Gasteiger partial charge in [-0.05, 0) is 30.6 Å². The van der Waals surface area contributed by atoms with E-state index in [1.165, 1.54) is 24.8 Å². The highest BCUT2D eigenvalue weighted by atomic mass is 14.7. The van der Waals surface area contributed by atoms with Crippen molar-refractivity contribution >= 4 is 0 Å². The molecular formula is C9H12. The van der Waals surface area contributed by atoms with E-state index < -0.39 is 0 Å². The quantitative estimate of drug-likeness (QED) is 0.491. The normalized spacial score (nSPS) is 34.7. The number of hydrogen-bond acceptors (Lipinski definition) is 0. The van der Waals surface area contributed by atoms with Gasteiger partial charge in [0.15, 0.2) is 0 Å². The molecule has 2 aliphatic carbocycles. The van der Waals surface area contributed by atoms with Crippen LogP contribution in [0.2, 0.25) is 0 Å². The first-order chi connectivity index (χ1) is 4.31. The molecule has 0 aromatic carbocycles. The highest BCUT2D eigenvalue weighted by Gasteiger charge is 2.65. The first-order valence-corrected chi connectivity index (χ1v) is 3.61. The van der Waals surface area contributed by atoms with Gasteiger partial charge in [0.2, 0.25) is 0 Å². The summed E-state index contributed by atoms with van der Waals surface area (Å²) in [6, 6.07) is 0. The Kier molecular flexibility index (Phi) is 0.769. The summed E-state index contributed by atoms with van der Waals surface area (Å²) >= 11 is 0. The molecule has 0 aromatic rings. The summed E-state index contributed by atoms with van der Waals surface area (Å²) in [4.78, 5) is 0. The van der Waals surface area contributed by atoms with Crippen molar-refractivity contribution in [1.29, 1.82) is 0 Å². The summed E-state index contributed by atoms with van der Waals surface area (Å²) < 4.78 is 0. The summed E-state index contributed by atoms with van der Waals surface area (Å²) in [5.41, 5.74) is 2.16. The van der Waals surface area contributed by atoms with Gasteiger partial charge in [0.05, 0.1) is 0 Å². The second-order valence-electron chi connectivity index (χ2n) is 3.26. The zero-order valence-electron chi connectivity index (χ0n) is 5.69. The van der Waals surface area contributed by atoms with E-state index in [-0.39, 0.29) is 0 Å². The van der Waals surface area contributed by atoms with Gasteiger partial charge >= 0.3 is 0 Å². The average Bonchev–Trinajstić information content (AvgIpc) is 2.68. The highest BCUT2D eigenvalue weighted by molar-refractivity contribution is 5.42. The van der Waals surface area contributed by atoms with Crippen molar-refractivity contribution in [3.8, 4) is 0 Å². The highest BCUT2D eigenvalue weighted by Crippen LogP contribution is 2.75. The first kappa shape index (κ1) is 5.28. The lowest BCUT2D eigenvalue weighted by Gasteiger charge is -1.83. The van der Waals surface area contributed by atoms with Gasteiger partial charge in [-0.2, -0.15) is 0 Å². The molecule has 0 heteroatoms. The standard InChI is InChI=1S/C9H12/c1-3-4-8-7(2)9(8)5-6-9/h3,8H,1-2,4-6H2. The van der Waals surface area contributed by atoms with Crippen molar-refractivity contribution in [2.45, 2.75) is 19.3 Å². The van der Waals surface area contributed by atoms with Crippen molar-refractivity contribution in [2.24, 2.45) is 11.3 Å². The molecule has 2 saturated carbocycles. The number of hydrogen-bond donors (Lipinski definition) is 0. The molecule has 0 aromatic heterocycles. The molecule has 0 radical (unpaired) electrons. The van der Waals surface area contributed by atoms with E-state index in [1.807, 2.05) is 6.08 Å². The maximum atomic E-state index is 4.03. The van der Waals surface area contributed by atoms with Crippen LogP contribution in [-0.4, -0.2) is 0 Å². The molecule has 0 saturated heterocycles. The topological polar surface area (TPSA) is 0 Å². The summed E-state index contributed by atoms with van der Waals surface area (Å²) in [7, 11) is 0. The minimum Gasteiger partial charge on any atom is -0.103 e. The van der Waals surface area contributed by atoms with Crippen molar-refractivity contribution in [2.75, 3.05) is 0 Å². The Morgan fingerprint density at radius 3 is 2.67 bits per heavy atom. The van der Waals surface area contributed by atoms with Gasteiger partial charge in [0, 0.05) is 0 Å². The molecule has 48 valence electrons. The Balaban J connectivity index is 2.04. The predicted octanol–water partition coefficient (Wildman–Crippen LogP) is 2.53. The van der Waals surface area contributed by atoms with Crippen LogP contribution in [0.1, 0.15) is 19.3 Å². The van der Waals surface area contributed by atoms with E-state index in [9.17, 15) is 0 Å². The van der Waals surface area contributed by atoms with Crippen molar-refractivity contribution in [3.05, 3.63) is 24.8 Å². The maximum absolute atomic E-state index is 4.03. The lowest BCUT2D eigenvalue weighted by Crippen LogP contribution is -1.74. The van der Waals surface area contributed by atoms with Crippen LogP contribution in [0.15, 0.2) is 24.8 Å². The van der Waals surface area contributed by atoms with Gasteiger partial charge in [-0.25, -0.2) is 0 Å². The molecular weight excluding hydrogens is 108 g/mol. The average molecular weight is 120 g/mol. The maximum Gasteiger partial charge on any atom is -0.00185 e. The van der Waals surface area contributed by atoms with Gasteiger partial charge in [-0.1, -0.05) is 18.2 Å². The van der Waals surface area contributed by atoms with Crippen LogP contribution in [0.4, 0.5) is 0 Å². The van der Waals surface area contributed by atoms with Gasteiger partial charge in [0.25, 0.3) is 0 Å². The summed E-state index contributed by atoms with van der Waals surface area (Å²) in [5, 5.41) is 0. The molecule has 2 rings (SSSR count). The molecule has 2 aliphatic rings. The Morgan fingerprint density at radius 1 is 1.67 bits per heavy atom. The molecule has 1 unspecified atom stereocenters. The molecule has 1 spiro atoms. The van der Waals surface area contributed by atoms with E-state index >= 15 is 0 Å². The largest absolute Gasteiger partial charge is 0.103 e. The van der Waals surface area contributed by atoms with Crippen LogP contribution < -0.4 is 0 Å². The van der Waals surface area contributed by atoms with Crippen LogP contribution in [0.3, 0.4) is 0 Å². The van der Waals surface area contributed by atoms with Gasteiger partial charge in [-0.15, -0.1) is 6.58 Å². The Labute approximate surface area is 56.3 Å². The van der Waals surface area contributed by atoms with Gasteiger partial charge < -0.3 is 0 Å².